The highest BCUT2D eigenvalue weighted by atomic mass is 16.6. The molecular weight excluding hydrogens is 580 g/mol. The van der Waals surface area contributed by atoms with Gasteiger partial charge in [-0.3, -0.25) is 0 Å². The Balaban J connectivity index is 1.13. The molecule has 4 nitrogen and oxygen atoms in total. The summed E-state index contributed by atoms with van der Waals surface area (Å²) in [5.41, 5.74) is 4.46. The highest BCUT2D eigenvalue weighted by molar-refractivity contribution is 5.90. The Morgan fingerprint density at radius 3 is 1.60 bits per heavy atom. The number of unbranched alkanes of at least 4 members (excludes halogenated alkanes) is 3. The molecule has 0 spiro atoms. The van der Waals surface area contributed by atoms with Gasteiger partial charge in [-0.2, -0.15) is 0 Å². The molecule has 0 radical (unpaired) electrons. The van der Waals surface area contributed by atoms with Crippen molar-refractivity contribution in [2.75, 3.05) is 6.61 Å². The van der Waals surface area contributed by atoms with E-state index < -0.39 is 18.0 Å². The van der Waals surface area contributed by atoms with Crippen LogP contribution in [0, 0.1) is 11.8 Å². The predicted molar refractivity (Wildman–Crippen MR) is 191 cm³/mol. The van der Waals surface area contributed by atoms with E-state index in [4.69, 9.17) is 9.47 Å². The smallest absolute Gasteiger partial charge is 0.338 e. The van der Waals surface area contributed by atoms with Crippen LogP contribution in [-0.4, -0.2) is 18.5 Å². The number of hydrogen-bond donors (Lipinski definition) is 0. The summed E-state index contributed by atoms with van der Waals surface area (Å²) in [5.74, 6) is 2.08. The van der Waals surface area contributed by atoms with Gasteiger partial charge in [-0.05, 0) is 116 Å². The van der Waals surface area contributed by atoms with Crippen molar-refractivity contribution in [3.8, 4) is 0 Å². The van der Waals surface area contributed by atoms with E-state index in [2.05, 4.69) is 38.1 Å². The molecule has 2 aliphatic rings. The summed E-state index contributed by atoms with van der Waals surface area (Å²) in [5, 5.41) is 0. The van der Waals surface area contributed by atoms with Gasteiger partial charge in [-0.1, -0.05) is 113 Å². The lowest BCUT2D eigenvalue weighted by atomic mass is 9.77. The Morgan fingerprint density at radius 1 is 0.596 bits per heavy atom. The lowest BCUT2D eigenvalue weighted by Crippen LogP contribution is -2.19. The zero-order chi connectivity index (χ0) is 32.8. The standard InChI is InChI=1S/C43H56O4/c1-3-5-8-12-33-17-21-35(22-18-33)37-25-29-40(30-26-37)43(45)47-41(38-13-9-7-10-14-38)31-46-42(44)39-27-23-36(24-28-39)34-19-15-32(16-20-34)11-6-4-2/h7,9-10,13-14,23-30,32-35,41H,3-6,8,11-12,15-22,31H2,1-2H3. The molecule has 2 aliphatic carbocycles. The molecule has 0 heterocycles. The molecule has 0 aromatic heterocycles. The predicted octanol–water partition coefficient (Wildman–Crippen LogP) is 11.8. The minimum atomic E-state index is -0.697. The highest BCUT2D eigenvalue weighted by Gasteiger charge is 2.25. The van der Waals surface area contributed by atoms with Crippen LogP contribution in [0.25, 0.3) is 0 Å². The summed E-state index contributed by atoms with van der Waals surface area (Å²) in [6, 6.07) is 25.4. The molecule has 0 saturated heterocycles. The van der Waals surface area contributed by atoms with Crippen molar-refractivity contribution in [2.24, 2.45) is 11.8 Å². The van der Waals surface area contributed by atoms with Crippen molar-refractivity contribution < 1.29 is 19.1 Å². The first-order valence-electron chi connectivity index (χ1n) is 18.7. The van der Waals surface area contributed by atoms with Crippen LogP contribution in [0.5, 0.6) is 0 Å². The molecule has 3 aromatic carbocycles. The van der Waals surface area contributed by atoms with Gasteiger partial charge in [0.15, 0.2) is 6.10 Å². The van der Waals surface area contributed by atoms with E-state index >= 15 is 0 Å². The zero-order valence-electron chi connectivity index (χ0n) is 28.8. The SMILES string of the molecule is CCCCCC1CCC(c2ccc(C(=O)OC(COC(=O)c3ccc(C4CCC(CCCC)CC4)cc3)c3ccccc3)cc2)CC1. The largest absolute Gasteiger partial charge is 0.458 e. The van der Waals surface area contributed by atoms with Crippen LogP contribution in [0.15, 0.2) is 78.9 Å². The number of hydrogen-bond acceptors (Lipinski definition) is 4. The summed E-state index contributed by atoms with van der Waals surface area (Å²) >= 11 is 0. The average molecular weight is 637 g/mol. The second-order valence-corrected chi connectivity index (χ2v) is 14.2. The van der Waals surface area contributed by atoms with Gasteiger partial charge in [-0.25, -0.2) is 9.59 Å². The monoisotopic (exact) mass is 636 g/mol. The van der Waals surface area contributed by atoms with Crippen molar-refractivity contribution in [1.82, 2.24) is 0 Å². The van der Waals surface area contributed by atoms with E-state index in [-0.39, 0.29) is 6.61 Å². The van der Waals surface area contributed by atoms with Crippen LogP contribution in [0.4, 0.5) is 0 Å². The first-order valence-corrected chi connectivity index (χ1v) is 18.7. The summed E-state index contributed by atoms with van der Waals surface area (Å²) in [7, 11) is 0. The third-order valence-corrected chi connectivity index (χ3v) is 10.9. The Kier molecular flexibility index (Phi) is 13.5. The third kappa shape index (κ3) is 10.3. The fourth-order valence-corrected chi connectivity index (χ4v) is 7.83. The summed E-state index contributed by atoms with van der Waals surface area (Å²) in [4.78, 5) is 26.4. The molecule has 0 aliphatic heterocycles. The zero-order valence-corrected chi connectivity index (χ0v) is 28.8. The topological polar surface area (TPSA) is 52.6 Å². The van der Waals surface area contributed by atoms with Gasteiger partial charge in [-0.15, -0.1) is 0 Å². The number of benzene rings is 3. The van der Waals surface area contributed by atoms with Crippen molar-refractivity contribution in [1.29, 1.82) is 0 Å². The van der Waals surface area contributed by atoms with Crippen molar-refractivity contribution in [3.63, 3.8) is 0 Å². The van der Waals surface area contributed by atoms with Gasteiger partial charge >= 0.3 is 11.9 Å². The van der Waals surface area contributed by atoms with Crippen molar-refractivity contribution in [3.05, 3.63) is 107 Å². The molecule has 2 saturated carbocycles. The van der Waals surface area contributed by atoms with Crippen LogP contribution < -0.4 is 0 Å². The molecule has 4 heteroatoms. The fourth-order valence-electron chi connectivity index (χ4n) is 7.83. The normalized spacial score (nSPS) is 21.9. The van der Waals surface area contributed by atoms with E-state index in [1.165, 1.54) is 107 Å². The lowest BCUT2D eigenvalue weighted by Gasteiger charge is -2.29. The van der Waals surface area contributed by atoms with Gasteiger partial charge in [0.05, 0.1) is 11.1 Å². The molecule has 0 bridgehead atoms. The number of carbonyl (C=O) groups is 2. The molecule has 252 valence electrons. The van der Waals surface area contributed by atoms with Gasteiger partial charge in [0, 0.05) is 0 Å². The van der Waals surface area contributed by atoms with E-state index in [1.807, 2.05) is 54.6 Å². The maximum absolute atomic E-state index is 13.3. The molecule has 0 N–H and O–H groups in total. The first-order chi connectivity index (χ1) is 23.0. The van der Waals surface area contributed by atoms with E-state index in [0.717, 1.165) is 17.4 Å². The number of rotatable bonds is 15. The Labute approximate surface area is 283 Å². The molecule has 47 heavy (non-hydrogen) atoms. The molecule has 5 rings (SSSR count). The number of esters is 2. The maximum Gasteiger partial charge on any atom is 0.338 e. The summed E-state index contributed by atoms with van der Waals surface area (Å²) in [6.45, 7) is 4.50. The van der Waals surface area contributed by atoms with Gasteiger partial charge in [0.1, 0.15) is 6.61 Å². The van der Waals surface area contributed by atoms with Gasteiger partial charge in [0.2, 0.25) is 0 Å². The third-order valence-electron chi connectivity index (χ3n) is 10.9. The van der Waals surface area contributed by atoms with Crippen molar-refractivity contribution >= 4 is 11.9 Å². The van der Waals surface area contributed by atoms with Crippen LogP contribution in [0.3, 0.4) is 0 Å². The van der Waals surface area contributed by atoms with E-state index in [0.29, 0.717) is 23.0 Å². The number of carbonyl (C=O) groups excluding carboxylic acids is 2. The minimum Gasteiger partial charge on any atom is -0.458 e. The van der Waals surface area contributed by atoms with Crippen LogP contribution >= 0.6 is 0 Å². The van der Waals surface area contributed by atoms with Gasteiger partial charge < -0.3 is 9.47 Å². The Morgan fingerprint density at radius 2 is 1.09 bits per heavy atom. The van der Waals surface area contributed by atoms with Crippen LogP contribution in [-0.2, 0) is 9.47 Å². The van der Waals surface area contributed by atoms with E-state index in [9.17, 15) is 9.59 Å². The summed E-state index contributed by atoms with van der Waals surface area (Å²) in [6.07, 6.45) is 18.8. The Bertz CT molecular complexity index is 1350. The average Bonchev–Trinajstić information content (AvgIpc) is 3.13. The second-order valence-electron chi connectivity index (χ2n) is 14.2. The maximum atomic E-state index is 13.3. The fraction of sp³-hybridized carbons (Fsp3) is 0.535. The summed E-state index contributed by atoms with van der Waals surface area (Å²) < 4.78 is 11.7. The van der Waals surface area contributed by atoms with E-state index in [1.54, 1.807) is 0 Å². The molecular formula is C43H56O4. The molecule has 0 amide bonds. The second kappa shape index (κ2) is 18.2. The molecule has 1 unspecified atom stereocenters. The minimum absolute atomic E-state index is 0.0440. The van der Waals surface area contributed by atoms with Crippen LogP contribution in [0.1, 0.15) is 166 Å². The number of ether oxygens (including phenoxy) is 2. The Hall–Kier alpha value is -3.40. The lowest BCUT2D eigenvalue weighted by molar-refractivity contribution is -0.00134. The molecule has 2 fully saturated rings. The van der Waals surface area contributed by atoms with Gasteiger partial charge in [0.25, 0.3) is 0 Å². The molecule has 1 atom stereocenters. The first kappa shape index (κ1) is 34.9. The molecule has 3 aromatic rings. The highest BCUT2D eigenvalue weighted by Crippen LogP contribution is 2.39. The quantitative estimate of drug-likeness (QED) is 0.123. The van der Waals surface area contributed by atoms with Crippen molar-refractivity contribution in [2.45, 2.75) is 128 Å². The van der Waals surface area contributed by atoms with Crippen LogP contribution in [0.2, 0.25) is 0 Å².